The maximum absolute atomic E-state index is 12.2. The van der Waals surface area contributed by atoms with Gasteiger partial charge in [-0.2, -0.15) is 0 Å². The van der Waals surface area contributed by atoms with Crippen molar-refractivity contribution in [2.24, 2.45) is 0 Å². The van der Waals surface area contributed by atoms with E-state index < -0.39 is 9.84 Å². The molecule has 9 heteroatoms. The van der Waals surface area contributed by atoms with E-state index >= 15 is 0 Å². The molecule has 0 aromatic heterocycles. The van der Waals surface area contributed by atoms with Crippen molar-refractivity contribution in [2.45, 2.75) is 18.2 Å². The van der Waals surface area contributed by atoms with Crippen LogP contribution in [-0.2, 0) is 19.4 Å². The number of rotatable bonds is 11. The van der Waals surface area contributed by atoms with E-state index in [1.165, 1.54) is 23.9 Å². The monoisotopic (exact) mass is 464 g/mol. The summed E-state index contributed by atoms with van der Waals surface area (Å²) in [4.78, 5) is 26.0. The summed E-state index contributed by atoms with van der Waals surface area (Å²) in [5.74, 6) is 0.692. The maximum atomic E-state index is 12.2. The van der Waals surface area contributed by atoms with Crippen LogP contribution >= 0.6 is 11.8 Å². The van der Waals surface area contributed by atoms with Gasteiger partial charge in [-0.05, 0) is 49.2 Å². The normalized spacial score (nSPS) is 11.1. The van der Waals surface area contributed by atoms with Crippen LogP contribution in [0.3, 0.4) is 0 Å². The fourth-order valence-corrected chi connectivity index (χ4v) is 4.08. The Hall–Kier alpha value is -2.52. The van der Waals surface area contributed by atoms with Crippen molar-refractivity contribution in [2.75, 3.05) is 43.3 Å². The van der Waals surface area contributed by atoms with Gasteiger partial charge in [-0.25, -0.2) is 8.42 Å². The van der Waals surface area contributed by atoms with Crippen LogP contribution in [-0.4, -0.2) is 63.1 Å². The zero-order valence-corrected chi connectivity index (χ0v) is 19.6. The summed E-state index contributed by atoms with van der Waals surface area (Å²) in [5.41, 5.74) is 1.81. The lowest BCUT2D eigenvalue weighted by Gasteiger charge is -2.17. The Morgan fingerprint density at radius 3 is 2.55 bits per heavy atom. The minimum absolute atomic E-state index is 0.0626. The van der Waals surface area contributed by atoms with Crippen molar-refractivity contribution in [1.82, 2.24) is 4.90 Å². The molecule has 2 aromatic carbocycles. The van der Waals surface area contributed by atoms with Gasteiger partial charge in [0.1, 0.15) is 5.75 Å². The Labute approximate surface area is 188 Å². The second kappa shape index (κ2) is 11.8. The number of sulfone groups is 1. The number of aryl methyl sites for hydroxylation is 1. The molecule has 0 aliphatic rings. The topological polar surface area (TPSA) is 92.8 Å². The van der Waals surface area contributed by atoms with Gasteiger partial charge >= 0.3 is 0 Å². The average molecular weight is 465 g/mol. The van der Waals surface area contributed by atoms with Crippen LogP contribution in [0, 0.1) is 6.92 Å². The highest BCUT2D eigenvalue weighted by atomic mass is 32.2. The van der Waals surface area contributed by atoms with Gasteiger partial charge in [0.15, 0.2) is 9.84 Å². The molecule has 0 aliphatic heterocycles. The lowest BCUT2D eigenvalue weighted by Crippen LogP contribution is -2.30. The van der Waals surface area contributed by atoms with Crippen molar-refractivity contribution in [3.8, 4) is 5.75 Å². The molecule has 31 heavy (non-hydrogen) atoms. The average Bonchev–Trinajstić information content (AvgIpc) is 2.70. The fraction of sp³-hybridized carbons (Fsp3) is 0.364. The zero-order chi connectivity index (χ0) is 22.9. The van der Waals surface area contributed by atoms with Crippen LogP contribution in [0.25, 0.3) is 0 Å². The molecule has 2 aromatic rings. The Morgan fingerprint density at radius 1 is 1.10 bits per heavy atom. The number of nitrogens with zero attached hydrogens (tertiary/aromatic N) is 1. The summed E-state index contributed by atoms with van der Waals surface area (Å²) in [6.45, 7) is 2.81. The highest BCUT2D eigenvalue weighted by Crippen LogP contribution is 2.17. The second-order valence-electron chi connectivity index (χ2n) is 7.17. The molecule has 0 unspecified atom stereocenters. The van der Waals surface area contributed by atoms with Gasteiger partial charge in [-0.1, -0.05) is 18.2 Å². The molecule has 2 rings (SSSR count). The fourth-order valence-electron chi connectivity index (χ4n) is 2.67. The number of hydrogen-bond donors (Lipinski definition) is 1. The number of hydrogen-bond acceptors (Lipinski definition) is 6. The first-order chi connectivity index (χ1) is 14.6. The summed E-state index contributed by atoms with van der Waals surface area (Å²) in [6, 6.07) is 13.9. The Bertz CT molecular complexity index is 1010. The molecular weight excluding hydrogens is 436 g/mol. The summed E-state index contributed by atoms with van der Waals surface area (Å²) in [5, 5.41) is 2.82. The summed E-state index contributed by atoms with van der Waals surface area (Å²) >= 11 is 1.27. The minimum Gasteiger partial charge on any atom is -0.493 e. The van der Waals surface area contributed by atoms with E-state index in [4.69, 9.17) is 4.74 Å². The SMILES string of the molecule is Cc1cccc(NC(=O)CSCC(=O)N(C)CCCOc2cccc(S(C)(=O)=O)c2)c1. The third kappa shape index (κ3) is 9.02. The molecule has 0 aliphatic carbocycles. The van der Waals surface area contributed by atoms with E-state index in [-0.39, 0.29) is 28.2 Å². The zero-order valence-electron chi connectivity index (χ0n) is 18.0. The molecule has 0 bridgehead atoms. The third-order valence-corrected chi connectivity index (χ3v) is 6.35. The van der Waals surface area contributed by atoms with Gasteiger partial charge in [0, 0.05) is 25.5 Å². The molecule has 0 spiro atoms. The van der Waals surface area contributed by atoms with E-state index in [9.17, 15) is 18.0 Å². The van der Waals surface area contributed by atoms with Gasteiger partial charge in [0.2, 0.25) is 11.8 Å². The second-order valence-corrected chi connectivity index (χ2v) is 10.2. The molecule has 0 heterocycles. The smallest absolute Gasteiger partial charge is 0.234 e. The molecule has 7 nitrogen and oxygen atoms in total. The summed E-state index contributed by atoms with van der Waals surface area (Å²) < 4.78 is 28.8. The molecule has 0 radical (unpaired) electrons. The van der Waals surface area contributed by atoms with Gasteiger partial charge in [0.25, 0.3) is 0 Å². The largest absolute Gasteiger partial charge is 0.493 e. The number of nitrogens with one attached hydrogen (secondary N) is 1. The van der Waals surface area contributed by atoms with Crippen molar-refractivity contribution < 1.29 is 22.7 Å². The molecule has 1 N–H and O–H groups in total. The number of carbonyl (C=O) groups excluding carboxylic acids is 2. The van der Waals surface area contributed by atoms with Crippen LogP contribution in [0.15, 0.2) is 53.4 Å². The molecular formula is C22H28N2O5S2. The Morgan fingerprint density at radius 2 is 1.84 bits per heavy atom. The molecule has 168 valence electrons. The van der Waals surface area contributed by atoms with Crippen LogP contribution in [0.2, 0.25) is 0 Å². The van der Waals surface area contributed by atoms with E-state index in [0.717, 1.165) is 17.5 Å². The predicted octanol–water partition coefficient (Wildman–Crippen LogP) is 3.00. The molecule has 0 atom stereocenters. The van der Waals surface area contributed by atoms with E-state index in [1.54, 1.807) is 24.1 Å². The van der Waals surface area contributed by atoms with Crippen molar-refractivity contribution in [3.63, 3.8) is 0 Å². The van der Waals surface area contributed by atoms with E-state index in [2.05, 4.69) is 5.32 Å². The van der Waals surface area contributed by atoms with E-state index in [0.29, 0.717) is 25.3 Å². The number of ether oxygens (including phenoxy) is 1. The number of anilines is 1. The highest BCUT2D eigenvalue weighted by Gasteiger charge is 2.11. The van der Waals surface area contributed by atoms with Gasteiger partial charge in [-0.15, -0.1) is 11.8 Å². The number of carbonyl (C=O) groups is 2. The third-order valence-electron chi connectivity index (χ3n) is 4.33. The Balaban J connectivity index is 1.64. The molecule has 0 fully saturated rings. The number of amides is 2. The highest BCUT2D eigenvalue weighted by molar-refractivity contribution is 8.00. The lowest BCUT2D eigenvalue weighted by molar-refractivity contribution is -0.127. The van der Waals surface area contributed by atoms with E-state index in [1.807, 2.05) is 31.2 Å². The molecule has 2 amide bonds. The van der Waals surface area contributed by atoms with Crippen LogP contribution in [0.5, 0.6) is 5.75 Å². The first-order valence-corrected chi connectivity index (χ1v) is 12.8. The van der Waals surface area contributed by atoms with Crippen molar-refractivity contribution in [3.05, 3.63) is 54.1 Å². The van der Waals surface area contributed by atoms with Crippen molar-refractivity contribution >= 4 is 39.1 Å². The molecule has 0 saturated heterocycles. The van der Waals surface area contributed by atoms with Crippen LogP contribution in [0.4, 0.5) is 5.69 Å². The quantitative estimate of drug-likeness (QED) is 0.514. The van der Waals surface area contributed by atoms with Crippen LogP contribution < -0.4 is 10.1 Å². The van der Waals surface area contributed by atoms with Gasteiger partial charge < -0.3 is 15.0 Å². The summed E-state index contributed by atoms with van der Waals surface area (Å²) in [7, 11) is -1.57. The van der Waals surface area contributed by atoms with Gasteiger partial charge in [-0.3, -0.25) is 9.59 Å². The Kier molecular flexibility index (Phi) is 9.39. The van der Waals surface area contributed by atoms with Crippen LogP contribution in [0.1, 0.15) is 12.0 Å². The first-order valence-electron chi connectivity index (χ1n) is 9.76. The summed E-state index contributed by atoms with van der Waals surface area (Å²) in [6.07, 6.45) is 1.75. The first kappa shape index (κ1) is 24.7. The predicted molar refractivity (Wildman–Crippen MR) is 124 cm³/mol. The molecule has 0 saturated carbocycles. The minimum atomic E-state index is -3.28. The van der Waals surface area contributed by atoms with Crippen molar-refractivity contribution in [1.29, 1.82) is 0 Å². The standard InChI is InChI=1S/C22H28N2O5S2/c1-17-7-4-8-18(13-17)23-21(25)15-30-16-22(26)24(2)11-6-12-29-19-9-5-10-20(14-19)31(3,27)28/h4-5,7-10,13-14H,6,11-12,15-16H2,1-3H3,(H,23,25). The number of thioether (sulfide) groups is 1. The van der Waals surface area contributed by atoms with Gasteiger partial charge in [0.05, 0.1) is 23.0 Å². The number of benzene rings is 2. The lowest BCUT2D eigenvalue weighted by atomic mass is 10.2. The maximum Gasteiger partial charge on any atom is 0.234 e.